The van der Waals surface area contributed by atoms with E-state index in [4.69, 9.17) is 23.2 Å². The van der Waals surface area contributed by atoms with Crippen molar-refractivity contribution in [3.8, 4) is 0 Å². The predicted octanol–water partition coefficient (Wildman–Crippen LogP) is 5.32. The van der Waals surface area contributed by atoms with Crippen LogP contribution in [0.25, 0.3) is 0 Å². The molecule has 0 aliphatic carbocycles. The van der Waals surface area contributed by atoms with Gasteiger partial charge >= 0.3 is 0 Å². The van der Waals surface area contributed by atoms with Crippen molar-refractivity contribution < 1.29 is 9.59 Å². The molecule has 31 heavy (non-hydrogen) atoms. The first-order valence-corrected chi connectivity index (χ1v) is 10.9. The van der Waals surface area contributed by atoms with E-state index in [-0.39, 0.29) is 11.8 Å². The minimum absolute atomic E-state index is 0.108. The molecule has 2 N–H and O–H groups in total. The highest BCUT2D eigenvalue weighted by molar-refractivity contribution is 6.30. The smallest absolute Gasteiger partial charge is 0.240 e. The van der Waals surface area contributed by atoms with E-state index < -0.39 is 0 Å². The zero-order valence-electron chi connectivity index (χ0n) is 17.2. The number of hydrazone groups is 2. The summed E-state index contributed by atoms with van der Waals surface area (Å²) in [6.07, 6.45) is 8.45. The zero-order valence-corrected chi connectivity index (χ0v) is 18.7. The third-order valence-electron chi connectivity index (χ3n) is 4.35. The SMILES string of the molecule is O=C(CCCCCCCC(=O)N/N=C\c1ccc(Cl)cc1)N/N=C\c1ccc(Cl)cc1. The molecule has 0 bridgehead atoms. The van der Waals surface area contributed by atoms with Gasteiger partial charge in [0.05, 0.1) is 12.4 Å². The molecule has 2 aromatic carbocycles. The molecule has 0 spiro atoms. The fraction of sp³-hybridized carbons (Fsp3) is 0.304. The van der Waals surface area contributed by atoms with Gasteiger partial charge in [0.15, 0.2) is 0 Å². The molecule has 0 heterocycles. The molecule has 164 valence electrons. The number of rotatable bonds is 12. The Kier molecular flexibility index (Phi) is 11.4. The summed E-state index contributed by atoms with van der Waals surface area (Å²) >= 11 is 11.6. The zero-order chi connectivity index (χ0) is 22.3. The number of benzene rings is 2. The molecule has 6 nitrogen and oxygen atoms in total. The van der Waals surface area contributed by atoms with Crippen LogP contribution in [0.2, 0.25) is 10.0 Å². The Hall–Kier alpha value is -2.70. The van der Waals surface area contributed by atoms with Crippen molar-refractivity contribution in [2.24, 2.45) is 10.2 Å². The number of nitrogens with one attached hydrogen (secondary N) is 2. The lowest BCUT2D eigenvalue weighted by molar-refractivity contribution is -0.121. The Balaban J connectivity index is 1.46. The largest absolute Gasteiger partial charge is 0.273 e. The summed E-state index contributed by atoms with van der Waals surface area (Å²) < 4.78 is 0. The number of hydrogen-bond acceptors (Lipinski definition) is 4. The minimum atomic E-state index is -0.108. The van der Waals surface area contributed by atoms with Gasteiger partial charge in [-0.15, -0.1) is 0 Å². The molecule has 0 unspecified atom stereocenters. The number of nitrogens with zero attached hydrogens (tertiary/aromatic N) is 2. The van der Waals surface area contributed by atoms with E-state index in [1.807, 2.05) is 24.3 Å². The molecule has 0 atom stereocenters. The molecule has 0 aliphatic heterocycles. The fourth-order valence-corrected chi connectivity index (χ4v) is 2.92. The average molecular weight is 461 g/mol. The van der Waals surface area contributed by atoms with Crippen LogP contribution in [0, 0.1) is 0 Å². The van der Waals surface area contributed by atoms with Crippen LogP contribution >= 0.6 is 23.2 Å². The normalized spacial score (nSPS) is 11.2. The first-order chi connectivity index (χ1) is 15.0. The molecular weight excluding hydrogens is 435 g/mol. The Morgan fingerprint density at radius 3 is 1.39 bits per heavy atom. The van der Waals surface area contributed by atoms with Gasteiger partial charge in [-0.2, -0.15) is 10.2 Å². The number of carbonyl (C=O) groups excluding carboxylic acids is 2. The average Bonchev–Trinajstić information content (AvgIpc) is 2.76. The Morgan fingerprint density at radius 2 is 1.00 bits per heavy atom. The van der Waals surface area contributed by atoms with Crippen molar-refractivity contribution in [2.75, 3.05) is 0 Å². The second kappa shape index (κ2) is 14.3. The summed E-state index contributed by atoms with van der Waals surface area (Å²) in [6, 6.07) is 14.4. The number of halogens is 2. The second-order valence-corrected chi connectivity index (χ2v) is 7.83. The lowest BCUT2D eigenvalue weighted by Gasteiger charge is -2.02. The van der Waals surface area contributed by atoms with Crippen molar-refractivity contribution >= 4 is 47.4 Å². The van der Waals surface area contributed by atoms with Crippen LogP contribution in [0.4, 0.5) is 0 Å². The number of amides is 2. The Labute approximate surface area is 192 Å². The van der Waals surface area contributed by atoms with Crippen LogP contribution < -0.4 is 10.9 Å². The monoisotopic (exact) mass is 460 g/mol. The van der Waals surface area contributed by atoms with E-state index in [0.717, 1.165) is 43.2 Å². The minimum Gasteiger partial charge on any atom is -0.273 e. The number of hydrogen-bond donors (Lipinski definition) is 2. The van der Waals surface area contributed by atoms with Gasteiger partial charge in [0.1, 0.15) is 0 Å². The molecule has 0 fully saturated rings. The first kappa shape index (κ1) is 24.6. The van der Waals surface area contributed by atoms with Crippen LogP contribution in [0.3, 0.4) is 0 Å². The predicted molar refractivity (Wildman–Crippen MR) is 127 cm³/mol. The van der Waals surface area contributed by atoms with Gasteiger partial charge in [0.2, 0.25) is 11.8 Å². The molecular formula is C23H26Cl2N4O2. The molecule has 0 aromatic heterocycles. The van der Waals surface area contributed by atoms with E-state index >= 15 is 0 Å². The van der Waals surface area contributed by atoms with Crippen LogP contribution in [0.1, 0.15) is 56.1 Å². The van der Waals surface area contributed by atoms with Crippen LogP contribution in [0.5, 0.6) is 0 Å². The summed E-state index contributed by atoms with van der Waals surface area (Å²) in [6.45, 7) is 0. The molecule has 0 radical (unpaired) electrons. The van der Waals surface area contributed by atoms with Crippen molar-refractivity contribution in [3.05, 3.63) is 69.7 Å². The molecule has 0 saturated carbocycles. The topological polar surface area (TPSA) is 82.9 Å². The highest BCUT2D eigenvalue weighted by Gasteiger charge is 2.01. The van der Waals surface area contributed by atoms with E-state index in [1.54, 1.807) is 36.7 Å². The Bertz CT molecular complexity index is 808. The maximum absolute atomic E-state index is 11.8. The number of unbranched alkanes of at least 4 members (excludes halogenated alkanes) is 4. The van der Waals surface area contributed by atoms with Crippen molar-refractivity contribution in [1.82, 2.24) is 10.9 Å². The quantitative estimate of drug-likeness (QED) is 0.255. The fourth-order valence-electron chi connectivity index (χ4n) is 2.67. The van der Waals surface area contributed by atoms with Crippen LogP contribution in [-0.2, 0) is 9.59 Å². The van der Waals surface area contributed by atoms with Crippen LogP contribution in [-0.4, -0.2) is 24.2 Å². The van der Waals surface area contributed by atoms with Crippen LogP contribution in [0.15, 0.2) is 58.7 Å². The van der Waals surface area contributed by atoms with E-state index in [1.165, 1.54) is 0 Å². The van der Waals surface area contributed by atoms with Gasteiger partial charge < -0.3 is 0 Å². The van der Waals surface area contributed by atoms with Crippen molar-refractivity contribution in [2.45, 2.75) is 44.9 Å². The molecule has 2 amide bonds. The van der Waals surface area contributed by atoms with Gasteiger partial charge in [0, 0.05) is 22.9 Å². The summed E-state index contributed by atoms with van der Waals surface area (Å²) in [5, 5.41) is 9.19. The Morgan fingerprint density at radius 1 is 0.645 bits per heavy atom. The third kappa shape index (κ3) is 11.3. The van der Waals surface area contributed by atoms with Crippen molar-refractivity contribution in [3.63, 3.8) is 0 Å². The molecule has 8 heteroatoms. The third-order valence-corrected chi connectivity index (χ3v) is 4.86. The summed E-state index contributed by atoms with van der Waals surface area (Å²) in [7, 11) is 0. The van der Waals surface area contributed by atoms with E-state index in [2.05, 4.69) is 21.1 Å². The lowest BCUT2D eigenvalue weighted by Crippen LogP contribution is -2.17. The molecule has 0 aliphatic rings. The molecule has 0 saturated heterocycles. The second-order valence-electron chi connectivity index (χ2n) is 6.96. The van der Waals surface area contributed by atoms with E-state index in [9.17, 15) is 9.59 Å². The van der Waals surface area contributed by atoms with Crippen molar-refractivity contribution in [1.29, 1.82) is 0 Å². The summed E-state index contributed by atoms with van der Waals surface area (Å²) in [5.41, 5.74) is 6.77. The van der Waals surface area contributed by atoms with Gasteiger partial charge in [-0.1, -0.05) is 66.7 Å². The van der Waals surface area contributed by atoms with Gasteiger partial charge in [-0.3, -0.25) is 9.59 Å². The highest BCUT2D eigenvalue weighted by atomic mass is 35.5. The maximum Gasteiger partial charge on any atom is 0.240 e. The summed E-state index contributed by atoms with van der Waals surface area (Å²) in [5.74, 6) is -0.216. The standard InChI is InChI=1S/C23H26Cl2N4O2/c24-20-12-8-18(9-13-20)16-26-28-22(30)6-4-2-1-3-5-7-23(31)29-27-17-19-10-14-21(25)15-11-19/h8-17H,1-7H2,(H,28,30)(H,29,31)/b26-16-,27-17-. The highest BCUT2D eigenvalue weighted by Crippen LogP contribution is 2.09. The molecule has 2 rings (SSSR count). The first-order valence-electron chi connectivity index (χ1n) is 10.2. The van der Waals surface area contributed by atoms with Gasteiger partial charge in [-0.05, 0) is 48.2 Å². The van der Waals surface area contributed by atoms with Gasteiger partial charge in [-0.25, -0.2) is 10.9 Å². The number of carbonyl (C=O) groups is 2. The van der Waals surface area contributed by atoms with Gasteiger partial charge in [0.25, 0.3) is 0 Å². The summed E-state index contributed by atoms with van der Waals surface area (Å²) in [4.78, 5) is 23.5. The molecule has 2 aromatic rings. The van der Waals surface area contributed by atoms with E-state index in [0.29, 0.717) is 22.9 Å². The maximum atomic E-state index is 11.8. The lowest BCUT2D eigenvalue weighted by atomic mass is 10.1.